The van der Waals surface area contributed by atoms with E-state index in [-0.39, 0.29) is 29.8 Å². The number of allylic oxidation sites excluding steroid dienone is 1. The van der Waals surface area contributed by atoms with Crippen LogP contribution in [0.15, 0.2) is 79.0 Å². The van der Waals surface area contributed by atoms with E-state index in [1.807, 2.05) is 49.5 Å². The number of nitrogens with zero attached hydrogens (tertiary/aromatic N) is 1. The summed E-state index contributed by atoms with van der Waals surface area (Å²) in [5.41, 5.74) is 4.30. The highest BCUT2D eigenvalue weighted by molar-refractivity contribution is 6.30. The molecule has 2 fully saturated rings. The maximum atomic E-state index is 12.7. The first kappa shape index (κ1) is 21.9. The SMILES string of the molecule is CC1OC(=O)C2CC(c3ccccc3)C(C)C(/C=C/c3ccc(-c4cccc(Cl)c4)cn3)C12. The molecule has 3 nitrogen and oxygen atoms in total. The lowest BCUT2D eigenvalue weighted by Crippen LogP contribution is -2.39. The van der Waals surface area contributed by atoms with Gasteiger partial charge in [-0.2, -0.15) is 0 Å². The van der Waals surface area contributed by atoms with Gasteiger partial charge >= 0.3 is 5.97 Å². The number of pyridine rings is 1. The van der Waals surface area contributed by atoms with Crippen LogP contribution in [-0.2, 0) is 9.53 Å². The Balaban J connectivity index is 1.42. The van der Waals surface area contributed by atoms with Crippen molar-refractivity contribution in [3.63, 3.8) is 0 Å². The molecule has 6 unspecified atom stereocenters. The van der Waals surface area contributed by atoms with E-state index in [0.29, 0.717) is 16.9 Å². The highest BCUT2D eigenvalue weighted by Gasteiger charge is 2.52. The van der Waals surface area contributed by atoms with Gasteiger partial charge in [0.05, 0.1) is 11.6 Å². The molecule has 1 aliphatic heterocycles. The van der Waals surface area contributed by atoms with Crippen LogP contribution in [0.25, 0.3) is 17.2 Å². The number of halogens is 1. The van der Waals surface area contributed by atoms with Crippen LogP contribution in [0.4, 0.5) is 0 Å². The van der Waals surface area contributed by atoms with Crippen LogP contribution in [0.5, 0.6) is 0 Å². The van der Waals surface area contributed by atoms with Crippen molar-refractivity contribution < 1.29 is 9.53 Å². The molecular weight excluding hydrogens is 430 g/mol. The molecule has 33 heavy (non-hydrogen) atoms. The Morgan fingerprint density at radius 1 is 0.970 bits per heavy atom. The van der Waals surface area contributed by atoms with Crippen molar-refractivity contribution in [2.75, 3.05) is 0 Å². The quantitative estimate of drug-likeness (QED) is 0.394. The highest BCUT2D eigenvalue weighted by Crippen LogP contribution is 2.52. The summed E-state index contributed by atoms with van der Waals surface area (Å²) in [5, 5.41) is 0.715. The Morgan fingerprint density at radius 2 is 1.79 bits per heavy atom. The first-order chi connectivity index (χ1) is 16.0. The van der Waals surface area contributed by atoms with Crippen molar-refractivity contribution in [3.05, 3.63) is 95.3 Å². The number of hydrogen-bond acceptors (Lipinski definition) is 3. The number of esters is 1. The first-order valence-corrected chi connectivity index (χ1v) is 12.0. The largest absolute Gasteiger partial charge is 0.462 e. The summed E-state index contributed by atoms with van der Waals surface area (Å²) in [7, 11) is 0. The fraction of sp³-hybridized carbons (Fsp3) is 0.310. The molecule has 6 atom stereocenters. The van der Waals surface area contributed by atoms with Gasteiger partial charge in [-0.05, 0) is 66.5 Å². The third kappa shape index (κ3) is 4.35. The molecule has 1 aromatic heterocycles. The van der Waals surface area contributed by atoms with E-state index < -0.39 is 0 Å². The van der Waals surface area contributed by atoms with Gasteiger partial charge in [0.15, 0.2) is 0 Å². The van der Waals surface area contributed by atoms with Gasteiger partial charge in [-0.25, -0.2) is 0 Å². The number of hydrogen-bond donors (Lipinski definition) is 0. The Morgan fingerprint density at radius 3 is 2.52 bits per heavy atom. The molecule has 5 rings (SSSR count). The summed E-state index contributed by atoms with van der Waals surface area (Å²) in [5.74, 6) is 1.09. The zero-order valence-electron chi connectivity index (χ0n) is 18.9. The van der Waals surface area contributed by atoms with Crippen molar-refractivity contribution in [1.82, 2.24) is 4.98 Å². The Bertz CT molecular complexity index is 1160. The minimum Gasteiger partial charge on any atom is -0.462 e. The van der Waals surface area contributed by atoms with Crippen LogP contribution in [0.3, 0.4) is 0 Å². The lowest BCUT2D eigenvalue weighted by molar-refractivity contribution is -0.144. The Hall–Kier alpha value is -2.91. The number of rotatable bonds is 4. The standard InChI is InChI=1S/C29H28ClNO2/c1-18-25(14-13-24-12-11-22(17-31-24)21-9-6-10-23(30)15-21)28-19(2)33-29(32)27(28)16-26(18)20-7-4-3-5-8-20/h3-15,17-19,25-28H,16H2,1-2H3/b14-13+. The molecule has 2 aromatic carbocycles. The zero-order chi connectivity index (χ0) is 22.9. The number of carbonyl (C=O) groups is 1. The molecular formula is C29H28ClNO2. The highest BCUT2D eigenvalue weighted by atomic mass is 35.5. The van der Waals surface area contributed by atoms with Gasteiger partial charge in [-0.3, -0.25) is 9.78 Å². The zero-order valence-corrected chi connectivity index (χ0v) is 19.7. The summed E-state index contributed by atoms with van der Waals surface area (Å²) in [6.07, 6.45) is 7.04. The summed E-state index contributed by atoms with van der Waals surface area (Å²) >= 11 is 6.13. The number of fused-ring (bicyclic) bond motifs is 1. The molecule has 0 radical (unpaired) electrons. The molecule has 1 saturated heterocycles. The molecule has 168 valence electrons. The smallest absolute Gasteiger partial charge is 0.309 e. The maximum Gasteiger partial charge on any atom is 0.309 e. The average Bonchev–Trinajstić information content (AvgIpc) is 3.12. The van der Waals surface area contributed by atoms with Crippen molar-refractivity contribution in [2.45, 2.75) is 32.3 Å². The number of ether oxygens (including phenoxy) is 1. The van der Waals surface area contributed by atoms with Crippen LogP contribution in [0, 0.1) is 23.7 Å². The summed E-state index contributed by atoms with van der Waals surface area (Å²) in [4.78, 5) is 17.3. The maximum absolute atomic E-state index is 12.7. The molecule has 4 heteroatoms. The average molecular weight is 458 g/mol. The third-order valence-electron chi connectivity index (χ3n) is 7.47. The number of carbonyl (C=O) groups excluding carboxylic acids is 1. The molecule has 0 amide bonds. The summed E-state index contributed by atoms with van der Waals surface area (Å²) < 4.78 is 5.70. The fourth-order valence-corrected chi connectivity index (χ4v) is 5.96. The van der Waals surface area contributed by atoms with E-state index in [1.54, 1.807) is 0 Å². The second kappa shape index (κ2) is 9.15. The van der Waals surface area contributed by atoms with Gasteiger partial charge in [-0.1, -0.05) is 73.1 Å². The van der Waals surface area contributed by atoms with E-state index in [4.69, 9.17) is 16.3 Å². The minimum atomic E-state index is -0.0607. The molecule has 2 aliphatic rings. The van der Waals surface area contributed by atoms with E-state index >= 15 is 0 Å². The van der Waals surface area contributed by atoms with Crippen molar-refractivity contribution >= 4 is 23.6 Å². The van der Waals surface area contributed by atoms with Crippen molar-refractivity contribution in [2.24, 2.45) is 23.7 Å². The van der Waals surface area contributed by atoms with Gasteiger partial charge in [0.25, 0.3) is 0 Å². The lowest BCUT2D eigenvalue weighted by Gasteiger charge is -2.42. The predicted molar refractivity (Wildman–Crippen MR) is 133 cm³/mol. The van der Waals surface area contributed by atoms with Crippen LogP contribution in [0.2, 0.25) is 5.02 Å². The van der Waals surface area contributed by atoms with Gasteiger partial charge in [-0.15, -0.1) is 0 Å². The number of aromatic nitrogens is 1. The van der Waals surface area contributed by atoms with E-state index in [0.717, 1.165) is 23.2 Å². The summed E-state index contributed by atoms with van der Waals surface area (Å²) in [6, 6.07) is 22.5. The van der Waals surface area contributed by atoms with Crippen LogP contribution in [0.1, 0.15) is 37.4 Å². The van der Waals surface area contributed by atoms with Gasteiger partial charge in [0.2, 0.25) is 0 Å². The van der Waals surface area contributed by atoms with Crippen molar-refractivity contribution in [1.29, 1.82) is 0 Å². The molecule has 2 heterocycles. The monoisotopic (exact) mass is 457 g/mol. The van der Waals surface area contributed by atoms with Crippen LogP contribution in [-0.4, -0.2) is 17.1 Å². The molecule has 0 spiro atoms. The van der Waals surface area contributed by atoms with Gasteiger partial charge < -0.3 is 4.74 Å². The van der Waals surface area contributed by atoms with E-state index in [9.17, 15) is 4.79 Å². The molecule has 1 aliphatic carbocycles. The predicted octanol–water partition coefficient (Wildman–Crippen LogP) is 7.03. The Kier molecular flexibility index (Phi) is 6.07. The van der Waals surface area contributed by atoms with E-state index in [1.165, 1.54) is 5.56 Å². The molecule has 1 saturated carbocycles. The number of cyclic esters (lactones) is 1. The minimum absolute atomic E-state index is 0.0391. The Labute approximate surface area is 200 Å². The first-order valence-electron chi connectivity index (χ1n) is 11.7. The fourth-order valence-electron chi connectivity index (χ4n) is 5.77. The van der Waals surface area contributed by atoms with Crippen molar-refractivity contribution in [3.8, 4) is 11.1 Å². The third-order valence-corrected chi connectivity index (χ3v) is 7.70. The molecule has 0 N–H and O–H groups in total. The normalized spacial score (nSPS) is 29.1. The topological polar surface area (TPSA) is 39.2 Å². The second-order valence-electron chi connectivity index (χ2n) is 9.36. The second-order valence-corrected chi connectivity index (χ2v) is 9.79. The van der Waals surface area contributed by atoms with E-state index in [2.05, 4.69) is 54.4 Å². The summed E-state index contributed by atoms with van der Waals surface area (Å²) in [6.45, 7) is 4.35. The molecule has 0 bridgehead atoms. The van der Waals surface area contributed by atoms with Crippen LogP contribution >= 0.6 is 11.6 Å². The molecule has 3 aromatic rings. The van der Waals surface area contributed by atoms with Gasteiger partial charge in [0, 0.05) is 22.7 Å². The lowest BCUT2D eigenvalue weighted by atomic mass is 9.60. The van der Waals surface area contributed by atoms with Gasteiger partial charge in [0.1, 0.15) is 6.10 Å². The number of benzene rings is 2. The van der Waals surface area contributed by atoms with Crippen LogP contribution < -0.4 is 0 Å².